The molecule has 2 rings (SSSR count). The Morgan fingerprint density at radius 3 is 2.42 bits per heavy atom. The van der Waals surface area contributed by atoms with Gasteiger partial charge >= 0.3 is 6.09 Å². The third-order valence-corrected chi connectivity index (χ3v) is 4.01. The number of nitrogens with one attached hydrogen (secondary N) is 1. The van der Waals surface area contributed by atoms with Crippen molar-refractivity contribution in [2.75, 3.05) is 31.1 Å². The fourth-order valence-electron chi connectivity index (χ4n) is 2.66. The minimum Gasteiger partial charge on any atom is -0.444 e. The molecule has 0 unspecified atom stereocenters. The Labute approximate surface area is 145 Å². The predicted molar refractivity (Wildman–Crippen MR) is 96.2 cm³/mol. The summed E-state index contributed by atoms with van der Waals surface area (Å²) in [4.78, 5) is 21.0. The molecule has 1 amide bonds. The number of carbonyl (C=O) groups is 1. The minimum absolute atomic E-state index is 0.406. The Hall–Kier alpha value is -1.82. The average Bonchev–Trinajstić information content (AvgIpc) is 2.52. The maximum absolute atomic E-state index is 11.7. The van der Waals surface area contributed by atoms with Crippen LogP contribution >= 0.6 is 0 Å². The number of piperazine rings is 1. The largest absolute Gasteiger partial charge is 0.444 e. The molecular weight excluding hydrogens is 304 g/mol. The van der Waals surface area contributed by atoms with E-state index in [9.17, 15) is 4.79 Å². The van der Waals surface area contributed by atoms with Crippen LogP contribution in [0.2, 0.25) is 0 Å². The summed E-state index contributed by atoms with van der Waals surface area (Å²) in [6, 6.07) is 4.63. The Kier molecular flexibility index (Phi) is 6.04. The molecule has 0 atom stereocenters. The van der Waals surface area contributed by atoms with E-state index in [1.54, 1.807) is 0 Å². The lowest BCUT2D eigenvalue weighted by Crippen LogP contribution is -2.49. The normalized spacial score (nSPS) is 16.3. The summed E-state index contributed by atoms with van der Waals surface area (Å²) in [7, 11) is 0. The molecule has 2 heterocycles. The molecule has 6 nitrogen and oxygen atoms in total. The van der Waals surface area contributed by atoms with Crippen LogP contribution in [0.3, 0.4) is 0 Å². The lowest BCUT2D eigenvalue weighted by Gasteiger charge is -2.37. The molecular formula is C18H30N4O2. The summed E-state index contributed by atoms with van der Waals surface area (Å²) < 4.78 is 5.22. The van der Waals surface area contributed by atoms with Crippen LogP contribution in [0, 0.1) is 0 Å². The summed E-state index contributed by atoms with van der Waals surface area (Å²) in [5.74, 6) is 0.999. The highest BCUT2D eigenvalue weighted by molar-refractivity contribution is 5.67. The van der Waals surface area contributed by atoms with Gasteiger partial charge in [0.15, 0.2) is 0 Å². The van der Waals surface area contributed by atoms with E-state index in [0.717, 1.165) is 37.6 Å². The lowest BCUT2D eigenvalue weighted by atomic mass is 10.2. The highest BCUT2D eigenvalue weighted by atomic mass is 16.6. The van der Waals surface area contributed by atoms with Gasteiger partial charge in [-0.2, -0.15) is 0 Å². The number of anilines is 1. The second kappa shape index (κ2) is 7.83. The van der Waals surface area contributed by atoms with Crippen LogP contribution in [0.25, 0.3) is 0 Å². The number of amides is 1. The van der Waals surface area contributed by atoms with Gasteiger partial charge in [-0.05, 0) is 46.2 Å². The molecule has 1 fully saturated rings. The van der Waals surface area contributed by atoms with E-state index in [0.29, 0.717) is 12.6 Å². The summed E-state index contributed by atoms with van der Waals surface area (Å²) in [5, 5.41) is 2.75. The van der Waals surface area contributed by atoms with Crippen LogP contribution in [0.4, 0.5) is 10.6 Å². The van der Waals surface area contributed by atoms with Gasteiger partial charge in [-0.15, -0.1) is 0 Å². The monoisotopic (exact) mass is 334 g/mol. The molecule has 24 heavy (non-hydrogen) atoms. The lowest BCUT2D eigenvalue weighted by molar-refractivity contribution is 0.0523. The summed E-state index contributed by atoms with van der Waals surface area (Å²) in [6.45, 7) is 14.6. The van der Waals surface area contributed by atoms with Crippen LogP contribution in [-0.4, -0.2) is 53.8 Å². The maximum atomic E-state index is 11.7. The number of hydrogen-bond donors (Lipinski definition) is 1. The van der Waals surface area contributed by atoms with E-state index < -0.39 is 11.7 Å². The first-order valence-corrected chi connectivity index (χ1v) is 8.65. The van der Waals surface area contributed by atoms with Gasteiger partial charge in [0.05, 0.1) is 0 Å². The van der Waals surface area contributed by atoms with Gasteiger partial charge in [-0.1, -0.05) is 6.07 Å². The van der Waals surface area contributed by atoms with Crippen molar-refractivity contribution in [1.82, 2.24) is 15.2 Å². The van der Waals surface area contributed by atoms with Crippen LogP contribution < -0.4 is 10.2 Å². The second-order valence-electron chi connectivity index (χ2n) is 7.50. The number of rotatable bonds is 4. The number of carbonyl (C=O) groups excluding carboxylic acids is 1. The highest BCUT2D eigenvalue weighted by Gasteiger charge is 2.19. The number of alkyl carbamates (subject to hydrolysis) is 1. The summed E-state index contributed by atoms with van der Waals surface area (Å²) >= 11 is 0. The number of aromatic nitrogens is 1. The van der Waals surface area contributed by atoms with Crippen LogP contribution in [0.1, 0.15) is 40.2 Å². The third-order valence-electron chi connectivity index (χ3n) is 4.01. The molecule has 1 aliphatic heterocycles. The Bertz CT molecular complexity index is 529. The van der Waals surface area contributed by atoms with E-state index in [1.165, 1.54) is 0 Å². The van der Waals surface area contributed by atoms with Gasteiger partial charge in [-0.3, -0.25) is 4.90 Å². The molecule has 1 saturated heterocycles. The zero-order chi connectivity index (χ0) is 17.7. The first-order valence-electron chi connectivity index (χ1n) is 8.65. The van der Waals surface area contributed by atoms with E-state index in [1.807, 2.05) is 39.1 Å². The zero-order valence-corrected chi connectivity index (χ0v) is 15.5. The standard InChI is InChI=1S/C18H30N4O2/c1-14(2)21-8-10-22(11-9-21)16-7-6-15(12-19-16)13-20-17(23)24-18(3,4)5/h6-7,12,14H,8-11,13H2,1-5H3,(H,20,23). The van der Waals surface area contributed by atoms with Crippen molar-refractivity contribution < 1.29 is 9.53 Å². The van der Waals surface area contributed by atoms with Crippen molar-refractivity contribution >= 4 is 11.9 Å². The fourth-order valence-corrected chi connectivity index (χ4v) is 2.66. The maximum Gasteiger partial charge on any atom is 0.407 e. The molecule has 1 N–H and O–H groups in total. The minimum atomic E-state index is -0.482. The number of pyridine rings is 1. The predicted octanol–water partition coefficient (Wildman–Crippen LogP) is 2.64. The van der Waals surface area contributed by atoms with Crippen molar-refractivity contribution in [3.63, 3.8) is 0 Å². The van der Waals surface area contributed by atoms with Crippen molar-refractivity contribution in [1.29, 1.82) is 0 Å². The van der Waals surface area contributed by atoms with Crippen LogP contribution in [0.15, 0.2) is 18.3 Å². The molecule has 1 aliphatic rings. The first-order chi connectivity index (χ1) is 11.2. The third kappa shape index (κ3) is 5.67. The summed E-state index contributed by atoms with van der Waals surface area (Å²) in [5.41, 5.74) is 0.482. The molecule has 0 bridgehead atoms. The van der Waals surface area contributed by atoms with Crippen LogP contribution in [0.5, 0.6) is 0 Å². The molecule has 0 aliphatic carbocycles. The second-order valence-corrected chi connectivity index (χ2v) is 7.50. The zero-order valence-electron chi connectivity index (χ0n) is 15.5. The van der Waals surface area contributed by atoms with Gasteiger partial charge in [0.2, 0.25) is 0 Å². The fraction of sp³-hybridized carbons (Fsp3) is 0.667. The Morgan fingerprint density at radius 1 is 1.25 bits per heavy atom. The molecule has 1 aromatic heterocycles. The molecule has 134 valence electrons. The Morgan fingerprint density at radius 2 is 1.92 bits per heavy atom. The van der Waals surface area contributed by atoms with Gasteiger partial charge in [0.25, 0.3) is 0 Å². The molecule has 0 spiro atoms. The molecule has 0 saturated carbocycles. The molecule has 0 radical (unpaired) electrons. The number of nitrogens with zero attached hydrogens (tertiary/aromatic N) is 3. The average molecular weight is 334 g/mol. The molecule has 6 heteroatoms. The number of ether oxygens (including phenoxy) is 1. The topological polar surface area (TPSA) is 57.7 Å². The van der Waals surface area contributed by atoms with Crippen molar-refractivity contribution in [2.45, 2.75) is 52.8 Å². The SMILES string of the molecule is CC(C)N1CCN(c2ccc(CNC(=O)OC(C)(C)C)cn2)CC1. The van der Waals surface area contributed by atoms with Gasteiger partial charge in [-0.25, -0.2) is 9.78 Å². The molecule has 1 aromatic rings. The van der Waals surface area contributed by atoms with E-state index in [-0.39, 0.29) is 0 Å². The Balaban J connectivity index is 1.82. The van der Waals surface area contributed by atoms with E-state index >= 15 is 0 Å². The van der Waals surface area contributed by atoms with Crippen molar-refractivity contribution in [3.05, 3.63) is 23.9 Å². The summed E-state index contributed by atoms with van der Waals surface area (Å²) in [6.07, 6.45) is 1.41. The first kappa shape index (κ1) is 18.5. The number of hydrogen-bond acceptors (Lipinski definition) is 5. The van der Waals surface area contributed by atoms with Crippen molar-refractivity contribution in [2.24, 2.45) is 0 Å². The quantitative estimate of drug-likeness (QED) is 0.917. The molecule has 0 aromatic carbocycles. The highest BCUT2D eigenvalue weighted by Crippen LogP contribution is 2.15. The van der Waals surface area contributed by atoms with Crippen molar-refractivity contribution in [3.8, 4) is 0 Å². The van der Waals surface area contributed by atoms with Crippen LogP contribution in [-0.2, 0) is 11.3 Å². The van der Waals surface area contributed by atoms with Gasteiger partial charge < -0.3 is 15.0 Å². The van der Waals surface area contributed by atoms with Gasteiger partial charge in [0, 0.05) is 45.0 Å². The van der Waals surface area contributed by atoms with E-state index in [2.05, 4.69) is 33.9 Å². The smallest absolute Gasteiger partial charge is 0.407 e. The van der Waals surface area contributed by atoms with E-state index in [4.69, 9.17) is 4.74 Å². The van der Waals surface area contributed by atoms with Gasteiger partial charge in [0.1, 0.15) is 11.4 Å².